The van der Waals surface area contributed by atoms with Crippen LogP contribution in [0.4, 0.5) is 5.69 Å². The highest BCUT2D eigenvalue weighted by molar-refractivity contribution is 5.97. The molecule has 5 heteroatoms. The van der Waals surface area contributed by atoms with E-state index in [1.165, 1.54) is 6.42 Å². The van der Waals surface area contributed by atoms with Crippen molar-refractivity contribution in [2.45, 2.75) is 25.8 Å². The summed E-state index contributed by atoms with van der Waals surface area (Å²) in [5.41, 5.74) is 2.06. The van der Waals surface area contributed by atoms with Crippen LogP contribution in [0, 0.1) is 0 Å². The molecule has 3 rings (SSSR count). The summed E-state index contributed by atoms with van der Waals surface area (Å²) in [4.78, 5) is 21.5. The van der Waals surface area contributed by atoms with Gasteiger partial charge in [0.1, 0.15) is 0 Å². The average Bonchev–Trinajstić information content (AvgIpc) is 2.92. The van der Waals surface area contributed by atoms with Gasteiger partial charge in [-0.1, -0.05) is 18.2 Å². The van der Waals surface area contributed by atoms with E-state index < -0.39 is 0 Å². The number of likely N-dealkylation sites (N-methyl/N-ethyl adjacent to an activating group) is 1. The van der Waals surface area contributed by atoms with Gasteiger partial charge >= 0.3 is 0 Å². The third-order valence-electron chi connectivity index (χ3n) is 4.59. The predicted octanol–water partition coefficient (Wildman–Crippen LogP) is 2.09. The number of hydrogen-bond donors (Lipinski definition) is 0. The van der Waals surface area contributed by atoms with Gasteiger partial charge in [-0.2, -0.15) is 0 Å². The Morgan fingerprint density at radius 2 is 2.04 bits per heavy atom. The summed E-state index contributed by atoms with van der Waals surface area (Å²) in [7, 11) is 1.98. The number of anilines is 1. The van der Waals surface area contributed by atoms with Crippen molar-refractivity contribution in [2.75, 3.05) is 24.5 Å². The average molecular weight is 312 g/mol. The van der Waals surface area contributed by atoms with Gasteiger partial charge in [0.2, 0.25) is 5.91 Å². The molecule has 1 atom stereocenters. The molecule has 5 nitrogen and oxygen atoms in total. The van der Waals surface area contributed by atoms with Gasteiger partial charge in [0.25, 0.3) is 0 Å². The Balaban J connectivity index is 1.83. The number of benzene rings is 1. The lowest BCUT2D eigenvalue weighted by molar-refractivity contribution is -0.125. The first-order valence-electron chi connectivity index (χ1n) is 8.26. The van der Waals surface area contributed by atoms with Crippen LogP contribution in [-0.4, -0.2) is 46.0 Å². The van der Waals surface area contributed by atoms with Crippen LogP contribution in [-0.2, 0) is 18.3 Å². The summed E-state index contributed by atoms with van der Waals surface area (Å²) in [6.45, 7) is 4.71. The number of carbonyl (C=O) groups is 1. The summed E-state index contributed by atoms with van der Waals surface area (Å²) in [6.07, 6.45) is 5.53. The lowest BCUT2D eigenvalue weighted by Gasteiger charge is -2.39. The lowest BCUT2D eigenvalue weighted by Crippen LogP contribution is -2.55. The van der Waals surface area contributed by atoms with Crippen LogP contribution in [0.5, 0.6) is 0 Å². The van der Waals surface area contributed by atoms with E-state index in [2.05, 4.69) is 9.88 Å². The minimum atomic E-state index is -0.112. The molecule has 0 bridgehead atoms. The fraction of sp³-hybridized carbons (Fsp3) is 0.444. The highest BCUT2D eigenvalue weighted by Gasteiger charge is 2.33. The number of hydrogen-bond acceptors (Lipinski definition) is 3. The number of para-hydroxylation sites is 1. The normalized spacial score (nSPS) is 15.9. The molecule has 1 aromatic carbocycles. The Morgan fingerprint density at radius 1 is 1.30 bits per heavy atom. The molecule has 0 spiro atoms. The second kappa shape index (κ2) is 6.96. The first-order valence-corrected chi connectivity index (χ1v) is 8.26. The summed E-state index contributed by atoms with van der Waals surface area (Å²) in [5.74, 6) is 0.180. The van der Waals surface area contributed by atoms with Crippen LogP contribution in [0.1, 0.15) is 19.0 Å². The van der Waals surface area contributed by atoms with Crippen LogP contribution in [0.25, 0.3) is 0 Å². The number of rotatable bonds is 6. The minimum absolute atomic E-state index is 0.112. The molecule has 0 radical (unpaired) electrons. The van der Waals surface area contributed by atoms with Gasteiger partial charge in [-0.15, -0.1) is 0 Å². The second-order valence-corrected chi connectivity index (χ2v) is 6.02. The van der Waals surface area contributed by atoms with E-state index in [0.29, 0.717) is 13.0 Å². The Kier molecular flexibility index (Phi) is 4.76. The first kappa shape index (κ1) is 15.7. The number of aromatic nitrogens is 2. The summed E-state index contributed by atoms with van der Waals surface area (Å²) < 4.78 is 2.00. The first-order chi connectivity index (χ1) is 11.2. The third kappa shape index (κ3) is 3.29. The minimum Gasteiger partial charge on any atom is -0.338 e. The Morgan fingerprint density at radius 3 is 2.57 bits per heavy atom. The van der Waals surface area contributed by atoms with Gasteiger partial charge < -0.3 is 9.47 Å². The second-order valence-electron chi connectivity index (χ2n) is 6.02. The largest absolute Gasteiger partial charge is 0.338 e. The van der Waals surface area contributed by atoms with E-state index >= 15 is 0 Å². The van der Waals surface area contributed by atoms with Crippen molar-refractivity contribution in [1.29, 1.82) is 0 Å². The quantitative estimate of drug-likeness (QED) is 0.820. The molecule has 2 heterocycles. The fourth-order valence-electron chi connectivity index (χ4n) is 3.06. The van der Waals surface area contributed by atoms with Crippen LogP contribution in [0.3, 0.4) is 0 Å². The molecular formula is C18H24N4O. The van der Waals surface area contributed by atoms with Gasteiger partial charge in [0, 0.05) is 50.7 Å². The Labute approximate surface area is 137 Å². The van der Waals surface area contributed by atoms with Crippen LogP contribution in [0.2, 0.25) is 0 Å². The van der Waals surface area contributed by atoms with E-state index in [1.54, 1.807) is 6.33 Å². The van der Waals surface area contributed by atoms with Crippen molar-refractivity contribution in [2.24, 2.45) is 7.05 Å². The van der Waals surface area contributed by atoms with Crippen LogP contribution >= 0.6 is 0 Å². The molecule has 0 saturated carbocycles. The van der Waals surface area contributed by atoms with Gasteiger partial charge in [0.05, 0.1) is 12.4 Å². The molecule has 1 saturated heterocycles. The molecule has 1 aliphatic rings. The van der Waals surface area contributed by atoms with Crippen molar-refractivity contribution in [3.05, 3.63) is 48.5 Å². The van der Waals surface area contributed by atoms with E-state index in [1.807, 2.05) is 60.0 Å². The molecule has 122 valence electrons. The van der Waals surface area contributed by atoms with Crippen molar-refractivity contribution >= 4 is 11.6 Å². The maximum absolute atomic E-state index is 13.2. The molecule has 1 fully saturated rings. The maximum Gasteiger partial charge on any atom is 0.244 e. The maximum atomic E-state index is 13.2. The number of imidazole rings is 1. The number of carbonyl (C=O) groups excluding carboxylic acids is 1. The van der Waals surface area contributed by atoms with E-state index in [-0.39, 0.29) is 11.9 Å². The third-order valence-corrected chi connectivity index (χ3v) is 4.59. The zero-order valence-corrected chi connectivity index (χ0v) is 13.9. The molecule has 23 heavy (non-hydrogen) atoms. The van der Waals surface area contributed by atoms with Gasteiger partial charge in [-0.3, -0.25) is 9.69 Å². The SMILES string of the molecule is CCN(C(=O)C(Cc1cncn1C)N1CCC1)c1ccccc1. The number of likely N-dealkylation sites (tertiary alicyclic amines) is 1. The van der Waals surface area contributed by atoms with Crippen LogP contribution in [0.15, 0.2) is 42.9 Å². The standard InChI is InChI=1S/C18H24N4O/c1-3-22(15-8-5-4-6-9-15)18(23)17(21-10-7-11-21)12-16-13-19-14-20(16)2/h4-6,8-9,13-14,17H,3,7,10-12H2,1-2H3. The van der Waals surface area contributed by atoms with Crippen molar-refractivity contribution < 1.29 is 4.79 Å². The Bertz CT molecular complexity index is 648. The highest BCUT2D eigenvalue weighted by Crippen LogP contribution is 2.21. The smallest absolute Gasteiger partial charge is 0.244 e. The zero-order valence-electron chi connectivity index (χ0n) is 13.9. The number of nitrogens with zero attached hydrogens (tertiary/aromatic N) is 4. The monoisotopic (exact) mass is 312 g/mol. The van der Waals surface area contributed by atoms with Crippen molar-refractivity contribution in [1.82, 2.24) is 14.5 Å². The van der Waals surface area contributed by atoms with Gasteiger partial charge in [0.15, 0.2) is 0 Å². The number of aryl methyl sites for hydroxylation is 1. The molecule has 1 aromatic heterocycles. The van der Waals surface area contributed by atoms with Crippen LogP contribution < -0.4 is 4.90 Å². The molecular weight excluding hydrogens is 288 g/mol. The van der Waals surface area contributed by atoms with E-state index in [0.717, 1.165) is 24.5 Å². The molecule has 1 unspecified atom stereocenters. The van der Waals surface area contributed by atoms with Gasteiger partial charge in [-0.05, 0) is 25.5 Å². The van der Waals surface area contributed by atoms with Crippen molar-refractivity contribution in [3.63, 3.8) is 0 Å². The predicted molar refractivity (Wildman–Crippen MR) is 91.4 cm³/mol. The molecule has 1 amide bonds. The summed E-state index contributed by atoms with van der Waals surface area (Å²) >= 11 is 0. The topological polar surface area (TPSA) is 41.4 Å². The lowest BCUT2D eigenvalue weighted by atomic mass is 10.0. The number of amides is 1. The fourth-order valence-corrected chi connectivity index (χ4v) is 3.06. The summed E-state index contributed by atoms with van der Waals surface area (Å²) in [6, 6.07) is 9.82. The van der Waals surface area contributed by atoms with E-state index in [4.69, 9.17) is 0 Å². The van der Waals surface area contributed by atoms with Crippen molar-refractivity contribution in [3.8, 4) is 0 Å². The molecule has 0 aliphatic carbocycles. The zero-order chi connectivity index (χ0) is 16.2. The Hall–Kier alpha value is -2.14. The molecule has 2 aromatic rings. The highest BCUT2D eigenvalue weighted by atomic mass is 16.2. The van der Waals surface area contributed by atoms with Gasteiger partial charge in [-0.25, -0.2) is 4.98 Å². The molecule has 1 aliphatic heterocycles. The summed E-state index contributed by atoms with van der Waals surface area (Å²) in [5, 5.41) is 0. The molecule has 0 N–H and O–H groups in total. The van der Waals surface area contributed by atoms with E-state index in [9.17, 15) is 4.79 Å².